The van der Waals surface area contributed by atoms with Crippen LogP contribution in [0, 0.1) is 6.92 Å². The lowest BCUT2D eigenvalue weighted by Gasteiger charge is -2.11. The number of hydrogen-bond acceptors (Lipinski definition) is 3. The Hall–Kier alpha value is -1.94. The molecule has 0 bridgehead atoms. The van der Waals surface area contributed by atoms with E-state index < -0.39 is 0 Å². The van der Waals surface area contributed by atoms with Gasteiger partial charge in [-0.05, 0) is 37.5 Å². The lowest BCUT2D eigenvalue weighted by Crippen LogP contribution is -2.15. The van der Waals surface area contributed by atoms with Gasteiger partial charge in [-0.25, -0.2) is 4.98 Å². The van der Waals surface area contributed by atoms with Crippen LogP contribution < -0.4 is 11.1 Å². The fraction of sp³-hybridized carbons (Fsp3) is 0.250. The van der Waals surface area contributed by atoms with Crippen LogP contribution in [0.2, 0.25) is 0 Å². The molecular formula is C16H19N3S. The summed E-state index contributed by atoms with van der Waals surface area (Å²) in [6.45, 7) is 2.81. The molecule has 1 aromatic carbocycles. The Bertz CT molecular complexity index is 582. The van der Waals surface area contributed by atoms with Crippen molar-refractivity contribution in [2.45, 2.75) is 19.8 Å². The topological polar surface area (TPSA) is 50.9 Å². The van der Waals surface area contributed by atoms with Gasteiger partial charge in [-0.1, -0.05) is 42.5 Å². The van der Waals surface area contributed by atoms with Crippen molar-refractivity contribution < 1.29 is 0 Å². The molecule has 0 atom stereocenters. The van der Waals surface area contributed by atoms with Crippen LogP contribution in [0.5, 0.6) is 0 Å². The Morgan fingerprint density at radius 3 is 2.65 bits per heavy atom. The number of nitrogens with one attached hydrogen (secondary N) is 1. The third-order valence-corrected chi connectivity index (χ3v) is 3.30. The van der Waals surface area contributed by atoms with Crippen molar-refractivity contribution in [3.63, 3.8) is 0 Å². The van der Waals surface area contributed by atoms with Gasteiger partial charge in [0.05, 0.1) is 5.56 Å². The molecule has 0 amide bonds. The van der Waals surface area contributed by atoms with Gasteiger partial charge in [0.2, 0.25) is 0 Å². The van der Waals surface area contributed by atoms with Gasteiger partial charge in [-0.2, -0.15) is 0 Å². The molecule has 4 heteroatoms. The van der Waals surface area contributed by atoms with E-state index in [0.29, 0.717) is 4.99 Å². The Kier molecular flexibility index (Phi) is 5.07. The van der Waals surface area contributed by atoms with Crippen molar-refractivity contribution in [3.8, 4) is 0 Å². The summed E-state index contributed by atoms with van der Waals surface area (Å²) in [5, 5.41) is 3.33. The third-order valence-electron chi connectivity index (χ3n) is 3.08. The average Bonchev–Trinajstić information content (AvgIpc) is 2.44. The van der Waals surface area contributed by atoms with Crippen LogP contribution in [0.1, 0.15) is 23.2 Å². The molecule has 0 aliphatic rings. The molecule has 3 nitrogen and oxygen atoms in total. The van der Waals surface area contributed by atoms with E-state index in [1.807, 2.05) is 25.1 Å². The first-order chi connectivity index (χ1) is 9.66. The summed E-state index contributed by atoms with van der Waals surface area (Å²) in [5.41, 5.74) is 8.82. The third kappa shape index (κ3) is 4.03. The second-order valence-corrected chi connectivity index (χ2v) is 5.17. The largest absolute Gasteiger partial charge is 0.389 e. The summed E-state index contributed by atoms with van der Waals surface area (Å²) in [5.74, 6) is 0.783. The van der Waals surface area contributed by atoms with Crippen molar-refractivity contribution in [2.24, 2.45) is 5.73 Å². The number of nitrogens with two attached hydrogens (primary N) is 1. The summed E-state index contributed by atoms with van der Waals surface area (Å²) in [6.07, 6.45) is 2.08. The number of pyridine rings is 1. The average molecular weight is 285 g/mol. The van der Waals surface area contributed by atoms with Crippen LogP contribution in [0.25, 0.3) is 0 Å². The summed E-state index contributed by atoms with van der Waals surface area (Å²) < 4.78 is 0. The molecular weight excluding hydrogens is 266 g/mol. The predicted molar refractivity (Wildman–Crippen MR) is 88.1 cm³/mol. The van der Waals surface area contributed by atoms with Crippen molar-refractivity contribution in [1.29, 1.82) is 0 Å². The number of aromatic nitrogens is 1. The minimum atomic E-state index is 0.378. The van der Waals surface area contributed by atoms with E-state index in [1.165, 1.54) is 5.56 Å². The van der Waals surface area contributed by atoms with Gasteiger partial charge in [-0.15, -0.1) is 0 Å². The van der Waals surface area contributed by atoms with Crippen LogP contribution in [0.3, 0.4) is 0 Å². The van der Waals surface area contributed by atoms with Gasteiger partial charge in [0.1, 0.15) is 10.8 Å². The second kappa shape index (κ2) is 7.01. The molecule has 0 unspecified atom stereocenters. The normalized spacial score (nSPS) is 10.2. The molecule has 104 valence electrons. The maximum Gasteiger partial charge on any atom is 0.136 e. The van der Waals surface area contributed by atoms with Crippen molar-refractivity contribution in [3.05, 3.63) is 59.3 Å². The molecule has 0 saturated carbocycles. The first-order valence-corrected chi connectivity index (χ1v) is 7.13. The Morgan fingerprint density at radius 1 is 1.20 bits per heavy atom. The molecule has 0 saturated heterocycles. The maximum atomic E-state index is 5.71. The van der Waals surface area contributed by atoms with E-state index in [4.69, 9.17) is 18.0 Å². The summed E-state index contributed by atoms with van der Waals surface area (Å²) in [4.78, 5) is 4.84. The van der Waals surface area contributed by atoms with Crippen LogP contribution in [0.4, 0.5) is 5.82 Å². The molecule has 2 aromatic rings. The van der Waals surface area contributed by atoms with Crippen LogP contribution >= 0.6 is 12.2 Å². The zero-order chi connectivity index (χ0) is 14.4. The number of rotatable bonds is 6. The van der Waals surface area contributed by atoms with Gasteiger partial charge in [0.25, 0.3) is 0 Å². The van der Waals surface area contributed by atoms with E-state index in [2.05, 4.69) is 34.6 Å². The van der Waals surface area contributed by atoms with Gasteiger partial charge >= 0.3 is 0 Å². The lowest BCUT2D eigenvalue weighted by atomic mass is 10.1. The van der Waals surface area contributed by atoms with Crippen molar-refractivity contribution >= 4 is 23.0 Å². The first-order valence-electron chi connectivity index (χ1n) is 6.72. The van der Waals surface area contributed by atoms with Crippen molar-refractivity contribution in [1.82, 2.24) is 4.98 Å². The second-order valence-electron chi connectivity index (χ2n) is 4.73. The van der Waals surface area contributed by atoms with Gasteiger partial charge in [0, 0.05) is 12.2 Å². The Labute approximate surface area is 125 Å². The molecule has 2 rings (SSSR count). The fourth-order valence-corrected chi connectivity index (χ4v) is 2.20. The monoisotopic (exact) mass is 285 g/mol. The smallest absolute Gasteiger partial charge is 0.136 e. The van der Waals surface area contributed by atoms with E-state index in [-0.39, 0.29) is 0 Å². The van der Waals surface area contributed by atoms with Gasteiger partial charge in [-0.3, -0.25) is 0 Å². The maximum absolute atomic E-state index is 5.71. The van der Waals surface area contributed by atoms with Crippen molar-refractivity contribution in [2.75, 3.05) is 11.9 Å². The molecule has 0 radical (unpaired) electrons. The van der Waals surface area contributed by atoms with Crippen LogP contribution in [-0.2, 0) is 6.42 Å². The fourth-order valence-electron chi connectivity index (χ4n) is 2.03. The molecule has 0 fully saturated rings. The predicted octanol–water partition coefficient (Wildman–Crippen LogP) is 3.07. The molecule has 0 aliphatic carbocycles. The quantitative estimate of drug-likeness (QED) is 0.632. The number of thiocarbonyl (C=S) groups is 1. The summed E-state index contributed by atoms with van der Waals surface area (Å²) in [6, 6.07) is 14.3. The highest BCUT2D eigenvalue weighted by Crippen LogP contribution is 2.13. The standard InChI is InChI=1S/C16H19N3S/c1-12-9-10-14(15(17)20)16(19-12)18-11-5-8-13-6-3-2-4-7-13/h2-4,6-7,9-10H,5,8,11H2,1H3,(H2,17,20)(H,18,19). The zero-order valence-electron chi connectivity index (χ0n) is 11.6. The van der Waals surface area contributed by atoms with E-state index in [1.54, 1.807) is 0 Å². The SMILES string of the molecule is Cc1ccc(C(N)=S)c(NCCCc2ccccc2)n1. The van der Waals surface area contributed by atoms with E-state index in [0.717, 1.165) is 36.5 Å². The molecule has 0 spiro atoms. The molecule has 20 heavy (non-hydrogen) atoms. The Balaban J connectivity index is 1.91. The lowest BCUT2D eigenvalue weighted by molar-refractivity contribution is 0.858. The number of benzene rings is 1. The molecule has 1 aromatic heterocycles. The van der Waals surface area contributed by atoms with E-state index in [9.17, 15) is 0 Å². The zero-order valence-corrected chi connectivity index (χ0v) is 12.4. The molecule has 1 heterocycles. The van der Waals surface area contributed by atoms with E-state index >= 15 is 0 Å². The summed E-state index contributed by atoms with van der Waals surface area (Å²) >= 11 is 5.05. The summed E-state index contributed by atoms with van der Waals surface area (Å²) in [7, 11) is 0. The van der Waals surface area contributed by atoms with Crippen LogP contribution in [0.15, 0.2) is 42.5 Å². The molecule has 3 N–H and O–H groups in total. The highest BCUT2D eigenvalue weighted by atomic mass is 32.1. The highest BCUT2D eigenvalue weighted by molar-refractivity contribution is 7.80. The number of nitrogens with zero attached hydrogens (tertiary/aromatic N) is 1. The first kappa shape index (κ1) is 14.5. The highest BCUT2D eigenvalue weighted by Gasteiger charge is 2.06. The number of aryl methyl sites for hydroxylation is 2. The van der Waals surface area contributed by atoms with Gasteiger partial charge in [0.15, 0.2) is 0 Å². The minimum absolute atomic E-state index is 0.378. The Morgan fingerprint density at radius 2 is 1.95 bits per heavy atom. The minimum Gasteiger partial charge on any atom is -0.389 e. The molecule has 0 aliphatic heterocycles. The number of anilines is 1. The van der Waals surface area contributed by atoms with Gasteiger partial charge < -0.3 is 11.1 Å². The van der Waals surface area contributed by atoms with Crippen LogP contribution in [-0.4, -0.2) is 16.5 Å². The number of hydrogen-bond donors (Lipinski definition) is 2.